The summed E-state index contributed by atoms with van der Waals surface area (Å²) < 4.78 is 108. The van der Waals surface area contributed by atoms with Gasteiger partial charge in [0.2, 0.25) is 0 Å². The second kappa shape index (κ2) is 3.58. The summed E-state index contributed by atoms with van der Waals surface area (Å²) in [5.74, 6) is 0. The van der Waals surface area contributed by atoms with Crippen molar-refractivity contribution in [1.29, 1.82) is 0 Å². The molecule has 0 aliphatic heterocycles. The van der Waals surface area contributed by atoms with Gasteiger partial charge in [-0.2, -0.15) is 0 Å². The summed E-state index contributed by atoms with van der Waals surface area (Å²) in [5.41, 5.74) is -1.32. The van der Waals surface area contributed by atoms with Crippen molar-refractivity contribution in [3.05, 3.63) is 48.9 Å². The minimum Gasteiger partial charge on any atom is -0.208 e. The molecule has 0 atom stereocenters. The highest BCUT2D eigenvalue weighted by molar-refractivity contribution is 5.60. The fourth-order valence-corrected chi connectivity index (χ4v) is 0.816. The lowest BCUT2D eigenvalue weighted by Crippen LogP contribution is -2.26. The van der Waals surface area contributed by atoms with E-state index in [0.29, 0.717) is 0 Å². The number of hydrogen-bond acceptors (Lipinski definition) is 0. The van der Waals surface area contributed by atoms with Crippen LogP contribution in [0.5, 0.6) is 0 Å². The fourth-order valence-electron chi connectivity index (χ4n) is 0.816. The Kier molecular flexibility index (Phi) is 0.539. The molecule has 2 aromatic rings. The van der Waals surface area contributed by atoms with Crippen molar-refractivity contribution in [2.45, 2.75) is 0 Å². The zero-order valence-corrected chi connectivity index (χ0v) is 6.89. The quantitative estimate of drug-likeness (QED) is 0.607. The molecule has 14 heavy (non-hydrogen) atoms. The standard InChI is InChI=1S/C12H14N2/c1-13-7-3-11(4-8-13)12-5-9-14(2)10-6-12/h3-10H,1-2H3/q+2/i1D3,2D3,3D,4D,5D,6D,7D,8D,9D,10D. The molecule has 0 spiro atoms. The second-order valence-corrected chi connectivity index (χ2v) is 2.37. The van der Waals surface area contributed by atoms with Gasteiger partial charge in [-0.25, -0.2) is 9.13 Å². The first-order valence-corrected chi connectivity index (χ1v) is 3.59. The normalized spacial score (nSPS) is 26.3. The third-order valence-electron chi connectivity index (χ3n) is 1.42. The molecule has 2 rings (SSSR count). The lowest BCUT2D eigenvalue weighted by molar-refractivity contribution is -0.671. The monoisotopic (exact) mass is 200 g/mol. The van der Waals surface area contributed by atoms with Crippen molar-refractivity contribution in [1.82, 2.24) is 0 Å². The van der Waals surface area contributed by atoms with E-state index in [0.717, 1.165) is 0 Å². The number of nitrogens with zero attached hydrogens (tertiary/aromatic N) is 2. The third kappa shape index (κ3) is 1.79. The first-order chi connectivity index (χ1) is 12.5. The molecule has 2 aromatic heterocycles. The molecule has 2 heteroatoms. The van der Waals surface area contributed by atoms with Crippen molar-refractivity contribution in [3.63, 3.8) is 0 Å². The summed E-state index contributed by atoms with van der Waals surface area (Å²) >= 11 is 0. The van der Waals surface area contributed by atoms with Crippen molar-refractivity contribution in [2.75, 3.05) is 0 Å². The first-order valence-electron chi connectivity index (χ1n) is 10.6. The predicted octanol–water partition coefficient (Wildman–Crippen LogP) is 1.00. The Labute approximate surface area is 104 Å². The van der Waals surface area contributed by atoms with Gasteiger partial charge < -0.3 is 0 Å². The van der Waals surface area contributed by atoms with Gasteiger partial charge in [0.1, 0.15) is 27.7 Å². The largest absolute Gasteiger partial charge is 0.208 e. The van der Waals surface area contributed by atoms with E-state index in [4.69, 9.17) is 19.2 Å². The van der Waals surface area contributed by atoms with E-state index in [1.807, 2.05) is 0 Å². The predicted molar refractivity (Wildman–Crippen MR) is 54.2 cm³/mol. The molecule has 0 saturated carbocycles. The molecule has 0 aliphatic carbocycles. The maximum absolute atomic E-state index is 8.03. The van der Waals surface area contributed by atoms with Gasteiger partial charge in [-0.05, 0) is 11.1 Å². The van der Waals surface area contributed by atoms with E-state index in [9.17, 15) is 0 Å². The number of pyridine rings is 2. The maximum atomic E-state index is 8.03. The van der Waals surface area contributed by atoms with Crippen molar-refractivity contribution in [2.24, 2.45) is 14.0 Å². The summed E-state index contributed by atoms with van der Waals surface area (Å²) in [7, 11) is 0. The summed E-state index contributed by atoms with van der Waals surface area (Å²) in [6, 6.07) is -3.59. The van der Waals surface area contributed by atoms with Gasteiger partial charge in [0.25, 0.3) is 0 Å². The molecule has 0 unspecified atom stereocenters. The highest BCUT2D eigenvalue weighted by Gasteiger charge is 2.00. The average Bonchev–Trinajstić information content (AvgIpc) is 2.52. The number of rotatable bonds is 1. The van der Waals surface area contributed by atoms with E-state index in [2.05, 4.69) is 0 Å². The summed E-state index contributed by atoms with van der Waals surface area (Å²) in [6.07, 6.45) is -3.94. The zero-order valence-electron chi connectivity index (χ0n) is 20.9. The van der Waals surface area contributed by atoms with E-state index in [1.54, 1.807) is 0 Å². The van der Waals surface area contributed by atoms with Gasteiger partial charge in [0, 0.05) is 24.2 Å². The SMILES string of the molecule is [2H]c1c(-c2c([2H])c([2H])[n+](C([2H])([2H])[2H])c([2H])c2[2H])c([2H])c([2H])[n+](C([2H])([2H])[2H])c1[2H]. The van der Waals surface area contributed by atoms with Crippen molar-refractivity contribution < 1.29 is 28.3 Å². The lowest BCUT2D eigenvalue weighted by atomic mass is 10.1. The van der Waals surface area contributed by atoms with Crippen LogP contribution >= 0.6 is 0 Å². The molecule has 70 valence electrons. The Hall–Kier alpha value is -1.70. The molecule has 0 N–H and O–H groups in total. The molecule has 0 amide bonds. The number of aromatic nitrogens is 2. The van der Waals surface area contributed by atoms with E-state index in [1.165, 1.54) is 0 Å². The van der Waals surface area contributed by atoms with Gasteiger partial charge in [-0.3, -0.25) is 0 Å². The van der Waals surface area contributed by atoms with Crippen LogP contribution in [0.4, 0.5) is 0 Å². The molecule has 0 fully saturated rings. The molecular formula is C12H14N2+2. The van der Waals surface area contributed by atoms with Crippen LogP contribution in [0.3, 0.4) is 0 Å². The van der Waals surface area contributed by atoms with Gasteiger partial charge in [0.05, 0.1) is 5.48 Å². The van der Waals surface area contributed by atoms with Crippen molar-refractivity contribution >= 4 is 0 Å². The lowest BCUT2D eigenvalue weighted by Gasteiger charge is -1.97. The van der Waals surface area contributed by atoms with Crippen LogP contribution in [0.1, 0.15) is 19.2 Å². The highest BCUT2D eigenvalue weighted by atomic mass is 14.9. The molecule has 2 nitrogen and oxygen atoms in total. The van der Waals surface area contributed by atoms with E-state index >= 15 is 0 Å². The topological polar surface area (TPSA) is 7.76 Å². The summed E-state index contributed by atoms with van der Waals surface area (Å²) in [4.78, 5) is 0. The smallest absolute Gasteiger partial charge is 0.169 e. The Balaban J connectivity index is 3.04. The molecular weight excluding hydrogens is 172 g/mol. The van der Waals surface area contributed by atoms with Gasteiger partial charge >= 0.3 is 0 Å². The summed E-state index contributed by atoms with van der Waals surface area (Å²) in [5, 5.41) is 0. The Morgan fingerprint density at radius 1 is 0.857 bits per heavy atom. The molecule has 2 heterocycles. The molecule has 0 aromatic carbocycles. The van der Waals surface area contributed by atoms with Crippen LogP contribution in [0, 0.1) is 0 Å². The molecule has 0 saturated heterocycles. The van der Waals surface area contributed by atoms with Crippen LogP contribution in [-0.2, 0) is 14.0 Å². The second-order valence-electron chi connectivity index (χ2n) is 2.37. The van der Waals surface area contributed by atoms with Gasteiger partial charge in [-0.1, -0.05) is 0 Å². The van der Waals surface area contributed by atoms with Crippen LogP contribution in [0.15, 0.2) is 48.9 Å². The average molecular weight is 200 g/mol. The minimum absolute atomic E-state index is 0.156. The summed E-state index contributed by atoms with van der Waals surface area (Å²) in [6.45, 7) is -6.07. The minimum atomic E-state index is -3.03. The third-order valence-corrected chi connectivity index (χ3v) is 1.42. The van der Waals surface area contributed by atoms with Gasteiger partial charge in [0.15, 0.2) is 24.7 Å². The zero-order chi connectivity index (χ0) is 21.9. The highest BCUT2D eigenvalue weighted by Crippen LogP contribution is 2.14. The van der Waals surface area contributed by atoms with E-state index < -0.39 is 73.9 Å². The van der Waals surface area contributed by atoms with Crippen LogP contribution in [0.25, 0.3) is 11.1 Å². The Morgan fingerprint density at radius 3 is 1.50 bits per heavy atom. The first kappa shape index (κ1) is 2.11. The van der Waals surface area contributed by atoms with Crippen molar-refractivity contribution in [3.8, 4) is 11.1 Å². The Morgan fingerprint density at radius 2 is 1.21 bits per heavy atom. The molecule has 0 radical (unpaired) electrons. The Bertz CT molecular complexity index is 837. The van der Waals surface area contributed by atoms with E-state index in [-0.39, 0.29) is 9.13 Å². The fraction of sp³-hybridized carbons (Fsp3) is 0.167. The van der Waals surface area contributed by atoms with Crippen LogP contribution in [0.2, 0.25) is 0 Å². The molecule has 0 aliphatic rings. The molecule has 0 bridgehead atoms. The maximum Gasteiger partial charge on any atom is 0.169 e. The van der Waals surface area contributed by atoms with Crippen LogP contribution in [-0.4, -0.2) is 0 Å². The van der Waals surface area contributed by atoms with Crippen LogP contribution < -0.4 is 9.13 Å². The number of hydrogen-bond donors (Lipinski definition) is 0. The van der Waals surface area contributed by atoms with Gasteiger partial charge in [-0.15, -0.1) is 0 Å².